The van der Waals surface area contributed by atoms with Crippen molar-refractivity contribution in [3.63, 3.8) is 0 Å². The summed E-state index contributed by atoms with van der Waals surface area (Å²) >= 11 is 6.06. The minimum Gasteiger partial charge on any atom is -0.349 e. The maximum atomic E-state index is 10.5. The van der Waals surface area contributed by atoms with Gasteiger partial charge in [0.25, 0.3) is 6.54 Å². The van der Waals surface area contributed by atoms with Crippen LogP contribution in [0.3, 0.4) is 0 Å². The van der Waals surface area contributed by atoms with Crippen molar-refractivity contribution in [3.8, 4) is 0 Å². The van der Waals surface area contributed by atoms with E-state index in [1.165, 1.54) is 0 Å². The Kier molecular flexibility index (Phi) is 3.58. The average molecular weight is 254 g/mol. The molecular formula is C11H12ClN3O2. The van der Waals surface area contributed by atoms with Gasteiger partial charge in [-0.15, -0.1) is 0 Å². The molecule has 1 aliphatic heterocycles. The lowest BCUT2D eigenvalue weighted by molar-refractivity contribution is -0.464. The fraction of sp³-hybridized carbons (Fsp3) is 0.364. The summed E-state index contributed by atoms with van der Waals surface area (Å²) in [6.45, 7) is 1.69. The second-order valence-electron chi connectivity index (χ2n) is 3.80. The highest BCUT2D eigenvalue weighted by molar-refractivity contribution is 6.31. The van der Waals surface area contributed by atoms with Crippen molar-refractivity contribution < 1.29 is 4.92 Å². The van der Waals surface area contributed by atoms with Crippen molar-refractivity contribution in [1.82, 2.24) is 4.90 Å². The lowest BCUT2D eigenvalue weighted by Gasteiger charge is -2.18. The number of aliphatic imine (C=N–C) groups is 1. The van der Waals surface area contributed by atoms with E-state index < -0.39 is 0 Å². The largest absolute Gasteiger partial charge is 0.349 e. The molecule has 6 heteroatoms. The number of hydrogen-bond donors (Lipinski definition) is 0. The summed E-state index contributed by atoms with van der Waals surface area (Å²) in [6, 6.07) is 7.51. The van der Waals surface area contributed by atoms with Gasteiger partial charge < -0.3 is 4.90 Å². The number of nitrogens with zero attached hydrogens (tertiary/aromatic N) is 3. The predicted molar refractivity (Wildman–Crippen MR) is 66.0 cm³/mol. The molecule has 0 radical (unpaired) electrons. The Labute approximate surface area is 104 Å². The fourth-order valence-electron chi connectivity index (χ4n) is 1.80. The lowest BCUT2D eigenvalue weighted by Crippen LogP contribution is -2.32. The first-order chi connectivity index (χ1) is 8.16. The minimum absolute atomic E-state index is 0.218. The highest BCUT2D eigenvalue weighted by atomic mass is 35.5. The smallest absolute Gasteiger partial charge is 0.260 e. The van der Waals surface area contributed by atoms with Crippen LogP contribution in [0.25, 0.3) is 0 Å². The molecule has 1 heterocycles. The third-order valence-electron chi connectivity index (χ3n) is 2.62. The van der Waals surface area contributed by atoms with Crippen LogP contribution in [0.2, 0.25) is 5.02 Å². The van der Waals surface area contributed by atoms with Gasteiger partial charge in [-0.3, -0.25) is 15.1 Å². The molecule has 0 saturated carbocycles. The van der Waals surface area contributed by atoms with Crippen LogP contribution in [0.15, 0.2) is 29.3 Å². The van der Waals surface area contributed by atoms with Crippen LogP contribution in [0.5, 0.6) is 0 Å². The molecule has 90 valence electrons. The van der Waals surface area contributed by atoms with Gasteiger partial charge in [0.05, 0.1) is 6.54 Å². The van der Waals surface area contributed by atoms with Gasteiger partial charge in [0, 0.05) is 23.0 Å². The molecule has 2 rings (SSSR count). The van der Waals surface area contributed by atoms with Gasteiger partial charge >= 0.3 is 0 Å². The summed E-state index contributed by atoms with van der Waals surface area (Å²) in [6.07, 6.45) is 0. The van der Waals surface area contributed by atoms with Crippen molar-refractivity contribution in [3.05, 3.63) is 45.0 Å². The molecule has 5 nitrogen and oxygen atoms in total. The summed E-state index contributed by atoms with van der Waals surface area (Å²) in [5.41, 5.74) is 0.965. The number of rotatable bonds is 4. The second kappa shape index (κ2) is 5.14. The first-order valence-electron chi connectivity index (χ1n) is 5.30. The van der Waals surface area contributed by atoms with E-state index in [1.54, 1.807) is 0 Å². The van der Waals surface area contributed by atoms with Crippen molar-refractivity contribution in [1.29, 1.82) is 0 Å². The molecule has 1 aromatic carbocycles. The summed E-state index contributed by atoms with van der Waals surface area (Å²) in [5, 5.41) is 11.2. The molecule has 0 bridgehead atoms. The standard InChI is InChI=1S/C11H12ClN3O2/c12-10-4-2-1-3-9(10)7-14-6-5-13-11(14)8-15(16)17/h1-4H,5-8H2. The number of hydrogen-bond acceptors (Lipinski definition) is 4. The summed E-state index contributed by atoms with van der Waals surface area (Å²) < 4.78 is 0. The zero-order chi connectivity index (χ0) is 12.3. The number of nitro groups is 1. The summed E-state index contributed by atoms with van der Waals surface area (Å²) in [4.78, 5) is 16.2. The van der Waals surface area contributed by atoms with E-state index in [4.69, 9.17) is 11.6 Å². The molecule has 1 aliphatic rings. The highest BCUT2D eigenvalue weighted by Gasteiger charge is 2.21. The van der Waals surface area contributed by atoms with Crippen molar-refractivity contribution >= 4 is 17.4 Å². The van der Waals surface area contributed by atoms with Crippen LogP contribution in [0.1, 0.15) is 5.56 Å². The van der Waals surface area contributed by atoms with Gasteiger partial charge in [0.1, 0.15) is 0 Å². The molecule has 0 atom stereocenters. The normalized spacial score (nSPS) is 14.9. The van der Waals surface area contributed by atoms with E-state index in [0.29, 0.717) is 30.5 Å². The van der Waals surface area contributed by atoms with E-state index in [-0.39, 0.29) is 11.5 Å². The third kappa shape index (κ3) is 2.94. The Hall–Kier alpha value is -1.62. The highest BCUT2D eigenvalue weighted by Crippen LogP contribution is 2.18. The van der Waals surface area contributed by atoms with Gasteiger partial charge in [-0.1, -0.05) is 29.8 Å². The molecule has 0 unspecified atom stereocenters. The van der Waals surface area contributed by atoms with E-state index in [9.17, 15) is 10.1 Å². The van der Waals surface area contributed by atoms with E-state index in [2.05, 4.69) is 4.99 Å². The molecule has 17 heavy (non-hydrogen) atoms. The van der Waals surface area contributed by atoms with Gasteiger partial charge in [0.15, 0.2) is 5.84 Å². The maximum Gasteiger partial charge on any atom is 0.260 e. The fourth-order valence-corrected chi connectivity index (χ4v) is 1.99. The molecule has 0 aliphatic carbocycles. The molecular weight excluding hydrogens is 242 g/mol. The molecule has 0 amide bonds. The molecule has 0 N–H and O–H groups in total. The quantitative estimate of drug-likeness (QED) is 0.608. The molecule has 0 fully saturated rings. The van der Waals surface area contributed by atoms with Gasteiger partial charge in [0.2, 0.25) is 0 Å². The Morgan fingerprint density at radius 1 is 1.47 bits per heavy atom. The number of benzene rings is 1. The molecule has 0 spiro atoms. The summed E-state index contributed by atoms with van der Waals surface area (Å²) in [7, 11) is 0. The number of halogens is 1. The maximum absolute atomic E-state index is 10.5. The van der Waals surface area contributed by atoms with E-state index in [1.807, 2.05) is 29.2 Å². The first-order valence-corrected chi connectivity index (χ1v) is 5.68. The van der Waals surface area contributed by atoms with Gasteiger partial charge in [-0.25, -0.2) is 0 Å². The van der Waals surface area contributed by atoms with Crippen molar-refractivity contribution in [2.45, 2.75) is 6.54 Å². The Balaban J connectivity index is 2.07. The monoisotopic (exact) mass is 253 g/mol. The summed E-state index contributed by atoms with van der Waals surface area (Å²) in [5.74, 6) is 0.537. The van der Waals surface area contributed by atoms with Crippen LogP contribution in [-0.2, 0) is 6.54 Å². The Morgan fingerprint density at radius 2 is 2.24 bits per heavy atom. The SMILES string of the molecule is O=[N+]([O-])CC1=NCCN1Cc1ccccc1Cl. The zero-order valence-electron chi connectivity index (χ0n) is 9.17. The Bertz CT molecular complexity index is 462. The first kappa shape index (κ1) is 11.9. The number of amidine groups is 1. The average Bonchev–Trinajstić information content (AvgIpc) is 2.68. The third-order valence-corrected chi connectivity index (χ3v) is 2.99. The van der Waals surface area contributed by atoms with Gasteiger partial charge in [-0.05, 0) is 11.6 Å². The van der Waals surface area contributed by atoms with E-state index >= 15 is 0 Å². The molecule has 0 saturated heterocycles. The van der Waals surface area contributed by atoms with Crippen LogP contribution in [0, 0.1) is 10.1 Å². The molecule has 1 aromatic rings. The van der Waals surface area contributed by atoms with Crippen LogP contribution >= 0.6 is 11.6 Å². The zero-order valence-corrected chi connectivity index (χ0v) is 9.93. The van der Waals surface area contributed by atoms with Crippen LogP contribution in [-0.4, -0.2) is 35.3 Å². The minimum atomic E-state index is -0.357. The van der Waals surface area contributed by atoms with Crippen molar-refractivity contribution in [2.24, 2.45) is 4.99 Å². The van der Waals surface area contributed by atoms with Crippen LogP contribution in [0.4, 0.5) is 0 Å². The second-order valence-corrected chi connectivity index (χ2v) is 4.21. The van der Waals surface area contributed by atoms with Crippen LogP contribution < -0.4 is 0 Å². The predicted octanol–water partition coefficient (Wildman–Crippen LogP) is 1.83. The lowest BCUT2D eigenvalue weighted by atomic mass is 10.2. The Morgan fingerprint density at radius 3 is 2.94 bits per heavy atom. The molecule has 0 aromatic heterocycles. The topological polar surface area (TPSA) is 58.7 Å². The van der Waals surface area contributed by atoms with Crippen molar-refractivity contribution in [2.75, 3.05) is 19.6 Å². The van der Waals surface area contributed by atoms with Gasteiger partial charge in [-0.2, -0.15) is 0 Å². The van der Waals surface area contributed by atoms with E-state index in [0.717, 1.165) is 5.56 Å².